The molecule has 2 heterocycles. The molecule has 5 heteroatoms. The van der Waals surface area contributed by atoms with Crippen LogP contribution in [0.2, 0.25) is 0 Å². The van der Waals surface area contributed by atoms with Crippen molar-refractivity contribution in [3.8, 4) is 11.6 Å². The molecule has 0 fully saturated rings. The van der Waals surface area contributed by atoms with Crippen LogP contribution < -0.4 is 5.73 Å². The van der Waals surface area contributed by atoms with E-state index in [1.807, 2.05) is 29.8 Å². The molecule has 1 aromatic carbocycles. The van der Waals surface area contributed by atoms with E-state index in [-0.39, 0.29) is 0 Å². The maximum atomic E-state index is 11.1. The third-order valence-electron chi connectivity index (χ3n) is 2.91. The monoisotopic (exact) mass is 241 g/mol. The Balaban J connectivity index is 2.25. The number of fused-ring (bicyclic) bond motifs is 1. The van der Waals surface area contributed by atoms with E-state index in [4.69, 9.17) is 10.2 Å². The zero-order chi connectivity index (χ0) is 12.7. The molecule has 3 rings (SSSR count). The maximum Gasteiger partial charge on any atom is 0.248 e. The Hall–Kier alpha value is -2.56. The first kappa shape index (κ1) is 10.6. The summed E-state index contributed by atoms with van der Waals surface area (Å²) in [6, 6.07) is 8.86. The lowest BCUT2D eigenvalue weighted by Crippen LogP contribution is -2.10. The number of amides is 1. The molecule has 0 aliphatic heterocycles. The number of nitrogens with zero attached hydrogens (tertiary/aromatic N) is 2. The second kappa shape index (κ2) is 3.73. The van der Waals surface area contributed by atoms with Crippen molar-refractivity contribution in [1.82, 2.24) is 9.55 Å². The molecule has 0 aliphatic rings. The van der Waals surface area contributed by atoms with Crippen LogP contribution in [0.5, 0.6) is 0 Å². The molecule has 2 aromatic heterocycles. The van der Waals surface area contributed by atoms with Gasteiger partial charge in [0.25, 0.3) is 0 Å². The molecule has 18 heavy (non-hydrogen) atoms. The van der Waals surface area contributed by atoms with E-state index in [2.05, 4.69) is 4.98 Å². The fourth-order valence-corrected chi connectivity index (χ4v) is 1.98. The smallest absolute Gasteiger partial charge is 0.248 e. The van der Waals surface area contributed by atoms with Gasteiger partial charge in [-0.05, 0) is 30.3 Å². The average Bonchev–Trinajstić information content (AvgIpc) is 2.97. The topological polar surface area (TPSA) is 74.1 Å². The third-order valence-corrected chi connectivity index (χ3v) is 2.91. The number of carbonyl (C=O) groups excluding carboxylic acids is 1. The van der Waals surface area contributed by atoms with Gasteiger partial charge in [0.2, 0.25) is 5.91 Å². The molecule has 1 amide bonds. The summed E-state index contributed by atoms with van der Waals surface area (Å²) in [5, 5.41) is 0. The van der Waals surface area contributed by atoms with E-state index in [1.165, 1.54) is 0 Å². The second-order valence-corrected chi connectivity index (χ2v) is 4.04. The highest BCUT2D eigenvalue weighted by molar-refractivity contribution is 5.96. The van der Waals surface area contributed by atoms with Crippen LogP contribution in [-0.2, 0) is 7.05 Å². The zero-order valence-electron chi connectivity index (χ0n) is 9.75. The van der Waals surface area contributed by atoms with E-state index < -0.39 is 5.91 Å². The lowest BCUT2D eigenvalue weighted by atomic mass is 10.2. The molecule has 0 saturated heterocycles. The minimum Gasteiger partial charge on any atom is -0.461 e. The molecule has 0 radical (unpaired) electrons. The van der Waals surface area contributed by atoms with Crippen LogP contribution in [0.1, 0.15) is 10.4 Å². The Labute approximate surface area is 103 Å². The fourth-order valence-electron chi connectivity index (χ4n) is 1.98. The number of imidazole rings is 1. The Morgan fingerprint density at radius 2 is 2.22 bits per heavy atom. The second-order valence-electron chi connectivity index (χ2n) is 4.04. The van der Waals surface area contributed by atoms with Gasteiger partial charge in [0.1, 0.15) is 0 Å². The largest absolute Gasteiger partial charge is 0.461 e. The van der Waals surface area contributed by atoms with Crippen LogP contribution in [0.15, 0.2) is 41.0 Å². The molecule has 0 atom stereocenters. The van der Waals surface area contributed by atoms with Gasteiger partial charge in [0.15, 0.2) is 11.6 Å². The van der Waals surface area contributed by atoms with Crippen LogP contribution in [0.4, 0.5) is 0 Å². The molecule has 0 bridgehead atoms. The van der Waals surface area contributed by atoms with Crippen molar-refractivity contribution in [2.45, 2.75) is 0 Å². The van der Waals surface area contributed by atoms with Gasteiger partial charge in [-0.3, -0.25) is 4.79 Å². The van der Waals surface area contributed by atoms with Crippen molar-refractivity contribution >= 4 is 16.9 Å². The van der Waals surface area contributed by atoms with Gasteiger partial charge < -0.3 is 14.7 Å². The molecular weight excluding hydrogens is 230 g/mol. The van der Waals surface area contributed by atoms with Crippen LogP contribution in [0.25, 0.3) is 22.6 Å². The zero-order valence-corrected chi connectivity index (χ0v) is 9.75. The first-order chi connectivity index (χ1) is 8.66. The molecule has 0 saturated carbocycles. The summed E-state index contributed by atoms with van der Waals surface area (Å²) in [6.07, 6.45) is 1.60. The van der Waals surface area contributed by atoms with E-state index in [9.17, 15) is 4.79 Å². The van der Waals surface area contributed by atoms with Gasteiger partial charge in [0.05, 0.1) is 17.3 Å². The molecule has 5 nitrogen and oxygen atoms in total. The van der Waals surface area contributed by atoms with E-state index in [0.29, 0.717) is 11.3 Å². The molecule has 2 N–H and O–H groups in total. The van der Waals surface area contributed by atoms with Crippen molar-refractivity contribution in [3.05, 3.63) is 42.2 Å². The number of nitrogens with two attached hydrogens (primary N) is 1. The summed E-state index contributed by atoms with van der Waals surface area (Å²) in [6.45, 7) is 0. The highest BCUT2D eigenvalue weighted by Gasteiger charge is 2.13. The average molecular weight is 241 g/mol. The maximum absolute atomic E-state index is 11.1. The number of benzene rings is 1. The number of furan rings is 1. The Morgan fingerprint density at radius 3 is 2.89 bits per heavy atom. The van der Waals surface area contributed by atoms with Crippen molar-refractivity contribution in [2.24, 2.45) is 12.8 Å². The minimum absolute atomic E-state index is 0.451. The van der Waals surface area contributed by atoms with Gasteiger partial charge >= 0.3 is 0 Å². The number of aryl methyl sites for hydroxylation is 1. The normalized spacial score (nSPS) is 10.9. The Bertz CT molecular complexity index is 726. The lowest BCUT2D eigenvalue weighted by Gasteiger charge is -1.98. The lowest BCUT2D eigenvalue weighted by molar-refractivity contribution is 0.100. The summed E-state index contributed by atoms with van der Waals surface area (Å²) in [5.74, 6) is 0.952. The summed E-state index contributed by atoms with van der Waals surface area (Å²) in [4.78, 5) is 15.6. The van der Waals surface area contributed by atoms with Gasteiger partial charge in [0, 0.05) is 12.6 Å². The van der Waals surface area contributed by atoms with Gasteiger partial charge in [-0.25, -0.2) is 4.98 Å². The van der Waals surface area contributed by atoms with Crippen molar-refractivity contribution in [1.29, 1.82) is 0 Å². The predicted octanol–water partition coefficient (Wildman–Crippen LogP) is 1.93. The van der Waals surface area contributed by atoms with Crippen molar-refractivity contribution < 1.29 is 9.21 Å². The predicted molar refractivity (Wildman–Crippen MR) is 66.9 cm³/mol. The molecule has 3 aromatic rings. The van der Waals surface area contributed by atoms with Gasteiger partial charge in [-0.1, -0.05) is 0 Å². The number of carbonyl (C=O) groups is 1. The first-order valence-corrected chi connectivity index (χ1v) is 5.47. The third kappa shape index (κ3) is 1.48. The summed E-state index contributed by atoms with van der Waals surface area (Å²) < 4.78 is 7.25. The molecular formula is C13H11N3O2. The SMILES string of the molecule is Cn1c(-c2ccco2)nc2cc(C(N)=O)ccc21. The fraction of sp³-hybridized carbons (Fsp3) is 0.0769. The van der Waals surface area contributed by atoms with Gasteiger partial charge in [-0.2, -0.15) is 0 Å². The van der Waals surface area contributed by atoms with Crippen molar-refractivity contribution in [3.63, 3.8) is 0 Å². The summed E-state index contributed by atoms with van der Waals surface area (Å²) in [5.41, 5.74) is 7.35. The minimum atomic E-state index is -0.456. The van der Waals surface area contributed by atoms with E-state index in [0.717, 1.165) is 16.9 Å². The van der Waals surface area contributed by atoms with Crippen LogP contribution in [0.3, 0.4) is 0 Å². The Kier molecular flexibility index (Phi) is 2.19. The summed E-state index contributed by atoms with van der Waals surface area (Å²) >= 11 is 0. The first-order valence-electron chi connectivity index (χ1n) is 5.47. The molecule has 0 aliphatic carbocycles. The molecule has 90 valence electrons. The van der Waals surface area contributed by atoms with E-state index in [1.54, 1.807) is 18.4 Å². The van der Waals surface area contributed by atoms with Crippen LogP contribution in [0, 0.1) is 0 Å². The highest BCUT2D eigenvalue weighted by atomic mass is 16.3. The van der Waals surface area contributed by atoms with Crippen LogP contribution >= 0.6 is 0 Å². The number of hydrogen-bond acceptors (Lipinski definition) is 3. The molecule has 0 unspecified atom stereocenters. The Morgan fingerprint density at radius 1 is 1.39 bits per heavy atom. The highest BCUT2D eigenvalue weighted by Crippen LogP contribution is 2.24. The standard InChI is InChI=1S/C13H11N3O2/c1-16-10-5-4-8(12(14)17)7-9(10)15-13(16)11-3-2-6-18-11/h2-7H,1H3,(H2,14,17). The van der Waals surface area contributed by atoms with Crippen LogP contribution in [-0.4, -0.2) is 15.5 Å². The summed E-state index contributed by atoms with van der Waals surface area (Å²) in [7, 11) is 1.90. The quantitative estimate of drug-likeness (QED) is 0.745. The molecule has 0 spiro atoms. The van der Waals surface area contributed by atoms with Gasteiger partial charge in [-0.15, -0.1) is 0 Å². The number of rotatable bonds is 2. The van der Waals surface area contributed by atoms with Crippen molar-refractivity contribution in [2.75, 3.05) is 0 Å². The number of aromatic nitrogens is 2. The number of hydrogen-bond donors (Lipinski definition) is 1. The van der Waals surface area contributed by atoms with E-state index >= 15 is 0 Å². The number of primary amides is 1.